The van der Waals surface area contributed by atoms with E-state index in [1.807, 2.05) is 6.92 Å². The number of nitrogens with one attached hydrogen (secondary N) is 1. The molecule has 1 N–H and O–H groups in total. The first kappa shape index (κ1) is 17.4. The number of nitrogens with zero attached hydrogens (tertiary/aromatic N) is 2. The van der Waals surface area contributed by atoms with Crippen LogP contribution in [0, 0.1) is 6.92 Å². The molecule has 7 nitrogen and oxygen atoms in total. The van der Waals surface area contributed by atoms with Crippen molar-refractivity contribution in [2.45, 2.75) is 24.8 Å². The van der Waals surface area contributed by atoms with Crippen LogP contribution >= 0.6 is 0 Å². The number of aryl methyl sites for hydroxylation is 1. The number of rotatable bonds is 3. The van der Waals surface area contributed by atoms with Crippen LogP contribution in [-0.4, -0.2) is 62.2 Å². The minimum Gasteiger partial charge on any atom is -0.357 e. The number of sulfonamides is 1. The standard InChI is InChI=1S/C15H21N3O4S/c1-11-4-6-13(7-5-11)23(21,22)17-8-9-18(12(2)19)14(10-17)15(20)16-3/h4-7,14H,8-10H2,1-3H3,(H,16,20). The summed E-state index contributed by atoms with van der Waals surface area (Å²) in [6.07, 6.45) is 0. The van der Waals surface area contributed by atoms with Gasteiger partial charge >= 0.3 is 0 Å². The maximum atomic E-state index is 12.7. The highest BCUT2D eigenvalue weighted by atomic mass is 32.2. The number of hydrogen-bond acceptors (Lipinski definition) is 4. The molecule has 1 saturated heterocycles. The maximum Gasteiger partial charge on any atom is 0.243 e. The molecule has 1 unspecified atom stereocenters. The lowest BCUT2D eigenvalue weighted by Crippen LogP contribution is -2.60. The number of carbonyl (C=O) groups is 2. The van der Waals surface area contributed by atoms with Gasteiger partial charge in [-0.25, -0.2) is 8.42 Å². The Balaban J connectivity index is 2.28. The third kappa shape index (κ3) is 3.53. The van der Waals surface area contributed by atoms with Gasteiger partial charge < -0.3 is 10.2 Å². The van der Waals surface area contributed by atoms with E-state index in [1.165, 1.54) is 23.2 Å². The van der Waals surface area contributed by atoms with E-state index in [1.54, 1.807) is 24.3 Å². The molecule has 2 rings (SSSR count). The highest BCUT2D eigenvalue weighted by Crippen LogP contribution is 2.20. The summed E-state index contributed by atoms with van der Waals surface area (Å²) < 4.78 is 26.7. The topological polar surface area (TPSA) is 86.8 Å². The molecule has 0 spiro atoms. The van der Waals surface area contributed by atoms with Gasteiger partial charge in [0, 0.05) is 33.6 Å². The van der Waals surface area contributed by atoms with Crippen molar-refractivity contribution in [2.24, 2.45) is 0 Å². The summed E-state index contributed by atoms with van der Waals surface area (Å²) >= 11 is 0. The molecule has 0 aromatic heterocycles. The summed E-state index contributed by atoms with van der Waals surface area (Å²) in [5.74, 6) is -0.616. The van der Waals surface area contributed by atoms with E-state index < -0.39 is 16.1 Å². The van der Waals surface area contributed by atoms with Crippen LogP contribution in [0.15, 0.2) is 29.2 Å². The molecule has 0 radical (unpaired) electrons. The number of likely N-dealkylation sites (N-methyl/N-ethyl adjacent to an activating group) is 1. The molecular formula is C15H21N3O4S. The van der Waals surface area contributed by atoms with Crippen molar-refractivity contribution in [3.05, 3.63) is 29.8 Å². The smallest absolute Gasteiger partial charge is 0.243 e. The van der Waals surface area contributed by atoms with Crippen molar-refractivity contribution in [2.75, 3.05) is 26.7 Å². The zero-order valence-corrected chi connectivity index (χ0v) is 14.3. The molecular weight excluding hydrogens is 318 g/mol. The average Bonchev–Trinajstić information content (AvgIpc) is 2.53. The summed E-state index contributed by atoms with van der Waals surface area (Å²) in [4.78, 5) is 25.3. The molecule has 1 aliphatic rings. The van der Waals surface area contributed by atoms with Crippen molar-refractivity contribution in [1.29, 1.82) is 0 Å². The summed E-state index contributed by atoms with van der Waals surface area (Å²) in [5.41, 5.74) is 0.966. The van der Waals surface area contributed by atoms with Gasteiger partial charge in [-0.2, -0.15) is 4.31 Å². The van der Waals surface area contributed by atoms with Crippen LogP contribution in [0.5, 0.6) is 0 Å². The first-order chi connectivity index (χ1) is 10.8. The summed E-state index contributed by atoms with van der Waals surface area (Å²) in [7, 11) is -2.22. The van der Waals surface area contributed by atoms with Crippen LogP contribution < -0.4 is 5.32 Å². The second-order valence-corrected chi connectivity index (χ2v) is 7.46. The fraction of sp³-hybridized carbons (Fsp3) is 0.467. The van der Waals surface area contributed by atoms with Crippen LogP contribution in [0.3, 0.4) is 0 Å². The molecule has 0 saturated carbocycles. The molecule has 23 heavy (non-hydrogen) atoms. The van der Waals surface area contributed by atoms with Crippen molar-refractivity contribution >= 4 is 21.8 Å². The Morgan fingerprint density at radius 3 is 2.30 bits per heavy atom. The Bertz CT molecular complexity index is 700. The molecule has 1 aromatic carbocycles. The molecule has 8 heteroatoms. The number of piperazine rings is 1. The Hall–Kier alpha value is -1.93. The zero-order chi connectivity index (χ0) is 17.2. The first-order valence-electron chi connectivity index (χ1n) is 7.33. The van der Waals surface area contributed by atoms with Crippen LogP contribution in [0.4, 0.5) is 0 Å². The predicted molar refractivity (Wildman–Crippen MR) is 85.2 cm³/mol. The fourth-order valence-corrected chi connectivity index (χ4v) is 4.04. The second-order valence-electron chi connectivity index (χ2n) is 5.52. The van der Waals surface area contributed by atoms with Gasteiger partial charge in [0.15, 0.2) is 0 Å². The van der Waals surface area contributed by atoms with Gasteiger partial charge in [-0.05, 0) is 19.1 Å². The van der Waals surface area contributed by atoms with E-state index in [0.29, 0.717) is 0 Å². The van der Waals surface area contributed by atoms with Crippen molar-refractivity contribution in [1.82, 2.24) is 14.5 Å². The average molecular weight is 339 g/mol. The molecule has 1 fully saturated rings. The minimum absolute atomic E-state index is 0.0462. The van der Waals surface area contributed by atoms with E-state index in [0.717, 1.165) is 5.56 Å². The summed E-state index contributed by atoms with van der Waals surface area (Å²) in [6, 6.07) is 5.75. The molecule has 0 aliphatic carbocycles. The van der Waals surface area contributed by atoms with Crippen LogP contribution in [-0.2, 0) is 19.6 Å². The van der Waals surface area contributed by atoms with Gasteiger partial charge in [0.25, 0.3) is 0 Å². The number of benzene rings is 1. The first-order valence-corrected chi connectivity index (χ1v) is 8.77. The lowest BCUT2D eigenvalue weighted by molar-refractivity contribution is -0.141. The van der Waals surface area contributed by atoms with E-state index in [9.17, 15) is 18.0 Å². The third-order valence-electron chi connectivity index (χ3n) is 3.96. The SMILES string of the molecule is CNC(=O)C1CN(S(=O)(=O)c2ccc(C)cc2)CCN1C(C)=O. The highest BCUT2D eigenvalue weighted by molar-refractivity contribution is 7.89. The summed E-state index contributed by atoms with van der Waals surface area (Å²) in [6.45, 7) is 3.57. The summed E-state index contributed by atoms with van der Waals surface area (Å²) in [5, 5.41) is 2.48. The van der Waals surface area contributed by atoms with Crippen molar-refractivity contribution in [3.8, 4) is 0 Å². The van der Waals surface area contributed by atoms with Crippen molar-refractivity contribution in [3.63, 3.8) is 0 Å². The Morgan fingerprint density at radius 2 is 1.78 bits per heavy atom. The van der Waals surface area contributed by atoms with E-state index in [-0.39, 0.29) is 36.3 Å². The number of carbonyl (C=O) groups excluding carboxylic acids is 2. The third-order valence-corrected chi connectivity index (χ3v) is 5.83. The monoisotopic (exact) mass is 339 g/mol. The van der Waals surface area contributed by atoms with Crippen LogP contribution in [0.1, 0.15) is 12.5 Å². The Morgan fingerprint density at radius 1 is 1.17 bits per heavy atom. The van der Waals surface area contributed by atoms with Gasteiger partial charge in [0.2, 0.25) is 21.8 Å². The quantitative estimate of drug-likeness (QED) is 0.837. The van der Waals surface area contributed by atoms with E-state index >= 15 is 0 Å². The molecule has 1 atom stereocenters. The van der Waals surface area contributed by atoms with Crippen LogP contribution in [0.2, 0.25) is 0 Å². The predicted octanol–water partition coefficient (Wildman–Crippen LogP) is -0.0376. The molecule has 1 aliphatic heterocycles. The van der Waals surface area contributed by atoms with Gasteiger partial charge in [-0.1, -0.05) is 17.7 Å². The minimum atomic E-state index is -3.69. The number of hydrogen-bond donors (Lipinski definition) is 1. The van der Waals surface area contributed by atoms with Crippen molar-refractivity contribution < 1.29 is 18.0 Å². The Labute approximate surface area is 136 Å². The van der Waals surface area contributed by atoms with Gasteiger partial charge in [0.05, 0.1) is 4.90 Å². The van der Waals surface area contributed by atoms with Crippen LogP contribution in [0.25, 0.3) is 0 Å². The van der Waals surface area contributed by atoms with Gasteiger partial charge in [0.1, 0.15) is 6.04 Å². The molecule has 0 bridgehead atoms. The maximum absolute atomic E-state index is 12.7. The lowest BCUT2D eigenvalue weighted by Gasteiger charge is -2.39. The zero-order valence-electron chi connectivity index (χ0n) is 13.4. The van der Waals surface area contributed by atoms with Gasteiger partial charge in [-0.15, -0.1) is 0 Å². The molecule has 2 amide bonds. The second kappa shape index (κ2) is 6.67. The highest BCUT2D eigenvalue weighted by Gasteiger charge is 2.38. The molecule has 1 heterocycles. The van der Waals surface area contributed by atoms with Gasteiger partial charge in [-0.3, -0.25) is 9.59 Å². The molecule has 1 aromatic rings. The normalized spacial score (nSPS) is 19.4. The van der Waals surface area contributed by atoms with E-state index in [2.05, 4.69) is 5.32 Å². The van der Waals surface area contributed by atoms with E-state index in [4.69, 9.17) is 0 Å². The number of amides is 2. The lowest BCUT2D eigenvalue weighted by atomic mass is 10.2. The fourth-order valence-electron chi connectivity index (χ4n) is 2.60. The Kier molecular flexibility index (Phi) is 5.06. The largest absolute Gasteiger partial charge is 0.357 e. The molecule has 126 valence electrons.